The van der Waals surface area contributed by atoms with E-state index in [1.165, 1.54) is 0 Å². The smallest absolute Gasteiger partial charge is 0.407 e. The van der Waals surface area contributed by atoms with Crippen molar-refractivity contribution in [3.63, 3.8) is 0 Å². The van der Waals surface area contributed by atoms with Crippen molar-refractivity contribution in [3.05, 3.63) is 35.9 Å². The van der Waals surface area contributed by atoms with Crippen molar-refractivity contribution in [2.24, 2.45) is 5.41 Å². The molecule has 0 bridgehead atoms. The van der Waals surface area contributed by atoms with Crippen molar-refractivity contribution >= 4 is 6.09 Å². The molecular formula is C21H36N2O3. The molecule has 0 aromatic heterocycles. The monoisotopic (exact) mass is 364 g/mol. The third kappa shape index (κ3) is 8.68. The van der Waals surface area contributed by atoms with Crippen molar-refractivity contribution in [2.75, 3.05) is 6.54 Å². The number of carbonyl (C=O) groups excluding carboxylic acids is 1. The molecule has 0 aliphatic heterocycles. The highest BCUT2D eigenvalue weighted by atomic mass is 16.6. The van der Waals surface area contributed by atoms with Crippen molar-refractivity contribution < 1.29 is 14.6 Å². The Hall–Kier alpha value is -1.59. The van der Waals surface area contributed by atoms with Crippen molar-refractivity contribution in [1.29, 1.82) is 0 Å². The standard InChI is InChI=1S/C21H36N2O3/c1-15(20(2,3)4)22-14-18(24)17(13-16-11-9-8-10-12-16)23-19(25)26-21(5,6)7/h8-12,15,17-18,22,24H,13-14H2,1-7H3,(H,23,25)/t15-,17+,18+/m1/s1. The van der Waals surface area contributed by atoms with E-state index in [0.717, 1.165) is 5.56 Å². The summed E-state index contributed by atoms with van der Waals surface area (Å²) in [6.07, 6.45) is -0.707. The maximum Gasteiger partial charge on any atom is 0.407 e. The molecule has 0 fully saturated rings. The van der Waals surface area contributed by atoms with Crippen LogP contribution in [-0.4, -0.2) is 41.5 Å². The molecule has 0 aliphatic carbocycles. The van der Waals surface area contributed by atoms with Gasteiger partial charge in [-0.1, -0.05) is 51.1 Å². The van der Waals surface area contributed by atoms with Crippen LogP contribution in [0.5, 0.6) is 0 Å². The zero-order valence-corrected chi connectivity index (χ0v) is 17.3. The lowest BCUT2D eigenvalue weighted by Gasteiger charge is -2.31. The van der Waals surface area contributed by atoms with Gasteiger partial charge in [-0.2, -0.15) is 0 Å². The number of amides is 1. The fourth-order valence-corrected chi connectivity index (χ4v) is 2.36. The first kappa shape index (κ1) is 22.5. The quantitative estimate of drug-likeness (QED) is 0.692. The van der Waals surface area contributed by atoms with Gasteiger partial charge in [0.15, 0.2) is 0 Å². The highest BCUT2D eigenvalue weighted by Gasteiger charge is 2.27. The van der Waals surface area contributed by atoms with Crippen molar-refractivity contribution in [3.8, 4) is 0 Å². The fraction of sp³-hybridized carbons (Fsp3) is 0.667. The molecule has 3 N–H and O–H groups in total. The summed E-state index contributed by atoms with van der Waals surface area (Å²) in [4.78, 5) is 12.2. The lowest BCUT2D eigenvalue weighted by Crippen LogP contribution is -2.52. The number of ether oxygens (including phenoxy) is 1. The van der Waals surface area contributed by atoms with Crippen LogP contribution in [0.25, 0.3) is 0 Å². The van der Waals surface area contributed by atoms with Gasteiger partial charge in [0, 0.05) is 12.6 Å². The Bertz CT molecular complexity index is 547. The number of aliphatic hydroxyl groups is 1. The molecule has 1 amide bonds. The molecule has 0 heterocycles. The van der Waals surface area contributed by atoms with Gasteiger partial charge in [-0.05, 0) is 45.1 Å². The van der Waals surface area contributed by atoms with Crippen LogP contribution in [-0.2, 0) is 11.2 Å². The van der Waals surface area contributed by atoms with Gasteiger partial charge in [-0.3, -0.25) is 0 Å². The summed E-state index contributed by atoms with van der Waals surface area (Å²) in [5.74, 6) is 0. The van der Waals surface area contributed by atoms with Crippen LogP contribution < -0.4 is 10.6 Å². The average Bonchev–Trinajstić information content (AvgIpc) is 2.49. The first-order chi connectivity index (χ1) is 11.9. The normalized spacial score (nSPS) is 15.8. The average molecular weight is 365 g/mol. The minimum absolute atomic E-state index is 0.0905. The van der Waals surface area contributed by atoms with E-state index in [1.54, 1.807) is 0 Å². The van der Waals surface area contributed by atoms with E-state index >= 15 is 0 Å². The SMILES string of the molecule is C[C@@H](NC[C@H](O)[C@H](Cc1ccccc1)NC(=O)OC(C)(C)C)C(C)(C)C. The molecule has 0 saturated heterocycles. The summed E-state index contributed by atoms with van der Waals surface area (Å²) in [5.41, 5.74) is 0.565. The number of rotatable bonds is 7. The summed E-state index contributed by atoms with van der Waals surface area (Å²) in [6.45, 7) is 14.4. The molecule has 26 heavy (non-hydrogen) atoms. The number of nitrogens with one attached hydrogen (secondary N) is 2. The highest BCUT2D eigenvalue weighted by molar-refractivity contribution is 5.68. The second-order valence-corrected chi connectivity index (χ2v) is 9.01. The summed E-state index contributed by atoms with van der Waals surface area (Å²) < 4.78 is 5.35. The molecule has 148 valence electrons. The van der Waals surface area contributed by atoms with E-state index in [-0.39, 0.29) is 11.5 Å². The summed E-state index contributed by atoms with van der Waals surface area (Å²) >= 11 is 0. The van der Waals surface area contributed by atoms with Crippen LogP contribution in [0, 0.1) is 5.41 Å². The van der Waals surface area contributed by atoms with Gasteiger partial charge in [-0.25, -0.2) is 4.79 Å². The molecule has 1 aromatic rings. The third-order valence-corrected chi connectivity index (χ3v) is 4.40. The maximum atomic E-state index is 12.2. The Morgan fingerprint density at radius 3 is 2.19 bits per heavy atom. The van der Waals surface area contributed by atoms with Gasteiger partial charge >= 0.3 is 6.09 Å². The van der Waals surface area contributed by atoms with Crippen LogP contribution in [0.3, 0.4) is 0 Å². The van der Waals surface area contributed by atoms with Crippen LogP contribution in [0.15, 0.2) is 30.3 Å². The number of aliphatic hydroxyl groups excluding tert-OH is 1. The Labute approximate surface area is 158 Å². The van der Waals surface area contributed by atoms with Crippen LogP contribution >= 0.6 is 0 Å². The molecule has 3 atom stereocenters. The van der Waals surface area contributed by atoms with Gasteiger partial charge < -0.3 is 20.5 Å². The van der Waals surface area contributed by atoms with Gasteiger partial charge in [0.05, 0.1) is 12.1 Å². The minimum atomic E-state index is -0.729. The molecule has 1 rings (SSSR count). The summed E-state index contributed by atoms with van der Waals surface area (Å²) in [6, 6.07) is 9.62. The molecule has 0 radical (unpaired) electrons. The fourth-order valence-electron chi connectivity index (χ4n) is 2.36. The number of hydrogen-bond donors (Lipinski definition) is 3. The van der Waals surface area contributed by atoms with E-state index in [2.05, 4.69) is 38.3 Å². The van der Waals surface area contributed by atoms with E-state index < -0.39 is 23.8 Å². The maximum absolute atomic E-state index is 12.2. The number of hydrogen-bond acceptors (Lipinski definition) is 4. The molecule has 1 aromatic carbocycles. The van der Waals surface area contributed by atoms with E-state index in [9.17, 15) is 9.90 Å². The highest BCUT2D eigenvalue weighted by Crippen LogP contribution is 2.18. The van der Waals surface area contributed by atoms with E-state index in [4.69, 9.17) is 4.74 Å². The molecule has 0 aliphatic rings. The molecular weight excluding hydrogens is 328 g/mol. The number of alkyl carbamates (subject to hydrolysis) is 1. The van der Waals surface area contributed by atoms with Crippen molar-refractivity contribution in [2.45, 2.75) is 78.7 Å². The Morgan fingerprint density at radius 1 is 1.12 bits per heavy atom. The lowest BCUT2D eigenvalue weighted by molar-refractivity contribution is 0.0416. The predicted molar refractivity (Wildman–Crippen MR) is 106 cm³/mol. The topological polar surface area (TPSA) is 70.6 Å². The summed E-state index contributed by atoms with van der Waals surface area (Å²) in [5, 5.41) is 16.9. The summed E-state index contributed by atoms with van der Waals surface area (Å²) in [7, 11) is 0. The Balaban J connectivity index is 2.77. The van der Waals surface area contributed by atoms with Gasteiger partial charge in [0.25, 0.3) is 0 Å². The van der Waals surface area contributed by atoms with E-state index in [1.807, 2.05) is 51.1 Å². The van der Waals surface area contributed by atoms with E-state index in [0.29, 0.717) is 13.0 Å². The van der Waals surface area contributed by atoms with Gasteiger partial charge in [-0.15, -0.1) is 0 Å². The van der Waals surface area contributed by atoms with Crippen LogP contribution in [0.1, 0.15) is 54.0 Å². The van der Waals surface area contributed by atoms with Crippen LogP contribution in [0.2, 0.25) is 0 Å². The second-order valence-electron chi connectivity index (χ2n) is 9.01. The molecule has 5 nitrogen and oxygen atoms in total. The predicted octanol–water partition coefficient (Wildman–Crippen LogP) is 3.51. The molecule has 5 heteroatoms. The van der Waals surface area contributed by atoms with Crippen LogP contribution in [0.4, 0.5) is 4.79 Å². The lowest BCUT2D eigenvalue weighted by atomic mass is 9.88. The second kappa shape index (κ2) is 9.38. The first-order valence-corrected chi connectivity index (χ1v) is 9.33. The zero-order valence-electron chi connectivity index (χ0n) is 17.3. The number of carbonyl (C=O) groups is 1. The minimum Gasteiger partial charge on any atom is -0.444 e. The van der Waals surface area contributed by atoms with Crippen molar-refractivity contribution in [1.82, 2.24) is 10.6 Å². The Morgan fingerprint density at radius 2 is 1.69 bits per heavy atom. The van der Waals surface area contributed by atoms with Gasteiger partial charge in [0.2, 0.25) is 0 Å². The molecule has 0 saturated carbocycles. The first-order valence-electron chi connectivity index (χ1n) is 9.33. The third-order valence-electron chi connectivity index (χ3n) is 4.40. The molecule has 0 spiro atoms. The zero-order chi connectivity index (χ0) is 20.0. The largest absolute Gasteiger partial charge is 0.444 e. The Kier molecular flexibility index (Phi) is 8.10. The molecule has 0 unspecified atom stereocenters. The van der Waals surface area contributed by atoms with Gasteiger partial charge in [0.1, 0.15) is 5.60 Å². The number of benzene rings is 1.